The second-order valence-electron chi connectivity index (χ2n) is 7.94. The highest BCUT2D eigenvalue weighted by Crippen LogP contribution is 2.37. The maximum absolute atomic E-state index is 12.7. The molecule has 0 atom stereocenters. The first-order chi connectivity index (χ1) is 16.0. The number of hydrogen-bond acceptors (Lipinski definition) is 4. The average Bonchev–Trinajstić information content (AvgIpc) is 3.38. The lowest BCUT2D eigenvalue weighted by molar-refractivity contribution is 0.0950. The van der Waals surface area contributed by atoms with Crippen LogP contribution in [0.25, 0.3) is 11.3 Å². The SMILES string of the molecule is CCN(CC)CCCNC(=O)c1ccc(C2=NC(=O)c3c(-c4ccccc4)[nH]c(O)c32)cc1. The molecule has 0 radical (unpaired) electrons. The number of aromatic hydroxyl groups is 1. The summed E-state index contributed by atoms with van der Waals surface area (Å²) >= 11 is 0. The molecule has 1 aliphatic rings. The number of carbonyl (C=O) groups is 2. The summed E-state index contributed by atoms with van der Waals surface area (Å²) in [6.07, 6.45) is 0.893. The molecule has 0 unspecified atom stereocenters. The lowest BCUT2D eigenvalue weighted by Crippen LogP contribution is -2.29. The van der Waals surface area contributed by atoms with E-state index in [0.29, 0.717) is 40.2 Å². The van der Waals surface area contributed by atoms with Crippen LogP contribution >= 0.6 is 0 Å². The molecule has 0 spiro atoms. The number of aromatic nitrogens is 1. The number of fused-ring (bicyclic) bond motifs is 1. The molecule has 0 bridgehead atoms. The molecule has 0 saturated carbocycles. The highest BCUT2D eigenvalue weighted by atomic mass is 16.3. The summed E-state index contributed by atoms with van der Waals surface area (Å²) in [7, 11) is 0. The number of nitrogens with zero attached hydrogens (tertiary/aromatic N) is 2. The fourth-order valence-electron chi connectivity index (χ4n) is 4.10. The molecule has 0 aliphatic carbocycles. The van der Waals surface area contributed by atoms with Gasteiger partial charge in [-0.15, -0.1) is 0 Å². The number of carbonyl (C=O) groups excluding carboxylic acids is 2. The predicted octanol–water partition coefficient (Wildman–Crippen LogP) is 3.84. The molecule has 0 fully saturated rings. The summed E-state index contributed by atoms with van der Waals surface area (Å²) in [4.78, 5) is 34.6. The Morgan fingerprint density at radius 1 is 1.00 bits per heavy atom. The monoisotopic (exact) mass is 444 g/mol. The molecule has 7 heteroatoms. The smallest absolute Gasteiger partial charge is 0.280 e. The molecule has 3 aromatic rings. The van der Waals surface area contributed by atoms with Gasteiger partial charge in [-0.2, -0.15) is 0 Å². The van der Waals surface area contributed by atoms with Gasteiger partial charge in [0, 0.05) is 17.7 Å². The second-order valence-corrected chi connectivity index (χ2v) is 7.94. The van der Waals surface area contributed by atoms with Crippen molar-refractivity contribution in [3.63, 3.8) is 0 Å². The average molecular weight is 445 g/mol. The molecule has 3 N–H and O–H groups in total. The van der Waals surface area contributed by atoms with Gasteiger partial charge in [0.2, 0.25) is 0 Å². The first-order valence-corrected chi connectivity index (χ1v) is 11.3. The van der Waals surface area contributed by atoms with Gasteiger partial charge in [0.15, 0.2) is 5.88 Å². The van der Waals surface area contributed by atoms with Gasteiger partial charge in [0.25, 0.3) is 11.8 Å². The standard InChI is InChI=1S/C26H28N4O3/c1-3-30(4-2)16-8-15-27-24(31)19-13-11-18(12-14-19)23-21-20(25(32)29-23)22(28-26(21)33)17-9-6-5-7-10-17/h5-7,9-14,28,33H,3-4,8,15-16H2,1-2H3,(H,27,31). The minimum atomic E-state index is -0.398. The Kier molecular flexibility index (Phi) is 6.70. The van der Waals surface area contributed by atoms with Crippen LogP contribution in [0.15, 0.2) is 59.6 Å². The summed E-state index contributed by atoms with van der Waals surface area (Å²) in [5.41, 5.74) is 3.71. The van der Waals surface area contributed by atoms with Gasteiger partial charge < -0.3 is 20.3 Å². The van der Waals surface area contributed by atoms with E-state index in [9.17, 15) is 14.7 Å². The van der Waals surface area contributed by atoms with E-state index in [1.807, 2.05) is 30.3 Å². The molecule has 170 valence electrons. The van der Waals surface area contributed by atoms with E-state index in [0.717, 1.165) is 31.6 Å². The van der Waals surface area contributed by atoms with Crippen molar-refractivity contribution in [1.82, 2.24) is 15.2 Å². The third kappa shape index (κ3) is 4.59. The van der Waals surface area contributed by atoms with Gasteiger partial charge >= 0.3 is 0 Å². The Bertz CT molecular complexity index is 1180. The highest BCUT2D eigenvalue weighted by molar-refractivity contribution is 6.30. The van der Waals surface area contributed by atoms with E-state index in [1.165, 1.54) is 0 Å². The van der Waals surface area contributed by atoms with Crippen LogP contribution in [0.5, 0.6) is 5.88 Å². The number of aliphatic imine (C=N–C) groups is 1. The Morgan fingerprint density at radius 3 is 2.36 bits per heavy atom. The number of H-pyrrole nitrogens is 1. The first kappa shape index (κ1) is 22.5. The van der Waals surface area contributed by atoms with Crippen molar-refractivity contribution in [2.24, 2.45) is 4.99 Å². The van der Waals surface area contributed by atoms with Crippen LogP contribution in [0.1, 0.15) is 52.1 Å². The number of aromatic amines is 1. The van der Waals surface area contributed by atoms with Gasteiger partial charge in [-0.3, -0.25) is 9.59 Å². The number of hydrogen-bond donors (Lipinski definition) is 3. The third-order valence-corrected chi connectivity index (χ3v) is 5.96. The summed E-state index contributed by atoms with van der Waals surface area (Å²) in [5, 5.41) is 13.5. The molecule has 4 rings (SSSR count). The molecule has 2 heterocycles. The Hall–Kier alpha value is -3.71. The summed E-state index contributed by atoms with van der Waals surface area (Å²) in [5.74, 6) is -0.629. The molecule has 2 aromatic carbocycles. The third-order valence-electron chi connectivity index (χ3n) is 5.96. The Labute approximate surface area is 193 Å². The van der Waals surface area contributed by atoms with Gasteiger partial charge in [-0.05, 0) is 43.8 Å². The molecular weight excluding hydrogens is 416 g/mol. The van der Waals surface area contributed by atoms with Crippen molar-refractivity contribution in [2.75, 3.05) is 26.2 Å². The van der Waals surface area contributed by atoms with Crippen molar-refractivity contribution in [2.45, 2.75) is 20.3 Å². The fraction of sp³-hybridized carbons (Fsp3) is 0.269. The van der Waals surface area contributed by atoms with Crippen LogP contribution in [0.4, 0.5) is 0 Å². The maximum atomic E-state index is 12.7. The zero-order valence-corrected chi connectivity index (χ0v) is 18.9. The predicted molar refractivity (Wildman–Crippen MR) is 129 cm³/mol. The van der Waals surface area contributed by atoms with Crippen LogP contribution in [-0.2, 0) is 0 Å². The number of nitrogens with one attached hydrogen (secondary N) is 2. The van der Waals surface area contributed by atoms with Crippen LogP contribution < -0.4 is 5.32 Å². The lowest BCUT2D eigenvalue weighted by atomic mass is 9.99. The molecule has 33 heavy (non-hydrogen) atoms. The van der Waals surface area contributed by atoms with E-state index >= 15 is 0 Å². The van der Waals surface area contributed by atoms with Crippen LogP contribution in [0, 0.1) is 0 Å². The van der Waals surface area contributed by atoms with Crippen LogP contribution in [0.2, 0.25) is 0 Å². The van der Waals surface area contributed by atoms with Gasteiger partial charge in [-0.1, -0.05) is 56.3 Å². The summed E-state index contributed by atoms with van der Waals surface area (Å²) in [6.45, 7) is 7.83. The highest BCUT2D eigenvalue weighted by Gasteiger charge is 2.33. The first-order valence-electron chi connectivity index (χ1n) is 11.3. The molecule has 7 nitrogen and oxygen atoms in total. The number of rotatable bonds is 9. The zero-order chi connectivity index (χ0) is 23.4. The van der Waals surface area contributed by atoms with E-state index in [2.05, 4.69) is 34.0 Å². The lowest BCUT2D eigenvalue weighted by Gasteiger charge is -2.17. The summed E-state index contributed by atoms with van der Waals surface area (Å²) in [6, 6.07) is 16.3. The molecule has 0 saturated heterocycles. The van der Waals surface area contributed by atoms with Crippen LogP contribution in [-0.4, -0.2) is 58.7 Å². The largest absolute Gasteiger partial charge is 0.494 e. The second kappa shape index (κ2) is 9.83. The van der Waals surface area contributed by atoms with Crippen molar-refractivity contribution in [3.8, 4) is 17.1 Å². The van der Waals surface area contributed by atoms with E-state index in [-0.39, 0.29) is 11.8 Å². The van der Waals surface area contributed by atoms with Crippen molar-refractivity contribution in [3.05, 3.63) is 76.9 Å². The van der Waals surface area contributed by atoms with Gasteiger partial charge in [-0.25, -0.2) is 4.99 Å². The zero-order valence-electron chi connectivity index (χ0n) is 18.9. The topological polar surface area (TPSA) is 97.8 Å². The normalized spacial score (nSPS) is 12.7. The summed E-state index contributed by atoms with van der Waals surface area (Å²) < 4.78 is 0. The molecule has 1 aromatic heterocycles. The fourth-order valence-corrected chi connectivity index (χ4v) is 4.10. The van der Waals surface area contributed by atoms with Crippen molar-refractivity contribution in [1.29, 1.82) is 0 Å². The van der Waals surface area contributed by atoms with E-state index in [4.69, 9.17) is 0 Å². The quantitative estimate of drug-likeness (QED) is 0.437. The van der Waals surface area contributed by atoms with E-state index in [1.54, 1.807) is 24.3 Å². The number of benzene rings is 2. The molecule has 1 aliphatic heterocycles. The minimum Gasteiger partial charge on any atom is -0.494 e. The maximum Gasteiger partial charge on any atom is 0.280 e. The van der Waals surface area contributed by atoms with Crippen LogP contribution in [0.3, 0.4) is 0 Å². The Balaban J connectivity index is 1.48. The van der Waals surface area contributed by atoms with E-state index < -0.39 is 5.91 Å². The Morgan fingerprint density at radius 2 is 1.70 bits per heavy atom. The number of amides is 2. The molecule has 2 amide bonds. The molecular formula is C26H28N4O3. The van der Waals surface area contributed by atoms with Gasteiger partial charge in [0.05, 0.1) is 22.5 Å². The van der Waals surface area contributed by atoms with Gasteiger partial charge in [0.1, 0.15) is 0 Å². The minimum absolute atomic E-state index is 0.0940. The van der Waals surface area contributed by atoms with Crippen molar-refractivity contribution < 1.29 is 14.7 Å². The van der Waals surface area contributed by atoms with Crippen molar-refractivity contribution >= 4 is 17.5 Å².